The summed E-state index contributed by atoms with van der Waals surface area (Å²) in [6.07, 6.45) is 0. The zero-order valence-corrected chi connectivity index (χ0v) is 15.3. The van der Waals surface area contributed by atoms with Crippen LogP contribution in [0.25, 0.3) is 0 Å². The number of carbonyl (C=O) groups excluding carboxylic acids is 3. The summed E-state index contributed by atoms with van der Waals surface area (Å²) < 4.78 is 5.16. The lowest BCUT2D eigenvalue weighted by Gasteiger charge is -2.19. The Labute approximate surface area is 155 Å². The van der Waals surface area contributed by atoms with Gasteiger partial charge in [-0.15, -0.1) is 0 Å². The van der Waals surface area contributed by atoms with E-state index in [2.05, 4.69) is 5.32 Å². The second-order valence-corrected chi connectivity index (χ2v) is 5.91. The van der Waals surface area contributed by atoms with Gasteiger partial charge in [-0.1, -0.05) is 11.6 Å². The van der Waals surface area contributed by atoms with E-state index in [9.17, 15) is 14.4 Å². The lowest BCUT2D eigenvalue weighted by atomic mass is 10.2. The van der Waals surface area contributed by atoms with E-state index in [0.717, 1.165) is 4.90 Å². The predicted molar refractivity (Wildman–Crippen MR) is 100 cm³/mol. The normalized spacial score (nSPS) is 10.2. The average molecular weight is 376 g/mol. The van der Waals surface area contributed by atoms with Crippen LogP contribution in [0.2, 0.25) is 5.02 Å². The SMILES string of the molecule is COc1cc(Cl)c(C)cc1NC(=O)C(=O)N(C(C)=O)c1ccc(N)cc1. The van der Waals surface area contributed by atoms with Crippen LogP contribution in [0.1, 0.15) is 12.5 Å². The van der Waals surface area contributed by atoms with E-state index in [-0.39, 0.29) is 11.4 Å². The Balaban J connectivity index is 2.30. The molecule has 0 saturated carbocycles. The van der Waals surface area contributed by atoms with Crippen LogP contribution in [-0.2, 0) is 14.4 Å². The van der Waals surface area contributed by atoms with E-state index in [0.29, 0.717) is 22.0 Å². The van der Waals surface area contributed by atoms with Gasteiger partial charge in [0.2, 0.25) is 5.91 Å². The number of ether oxygens (including phenoxy) is 1. The number of anilines is 3. The number of imide groups is 1. The second-order valence-electron chi connectivity index (χ2n) is 5.51. The number of nitrogens with two attached hydrogens (primary N) is 1. The summed E-state index contributed by atoms with van der Waals surface area (Å²) >= 11 is 6.03. The third-order valence-electron chi connectivity index (χ3n) is 3.59. The van der Waals surface area contributed by atoms with Crippen molar-refractivity contribution in [3.8, 4) is 5.75 Å². The maximum absolute atomic E-state index is 12.5. The standard InChI is InChI=1S/C18H18ClN3O4/c1-10-8-15(16(26-3)9-14(10)19)21-17(24)18(25)22(11(2)23)13-6-4-12(20)5-7-13/h4-9H,20H2,1-3H3,(H,21,24). The molecule has 2 rings (SSSR count). The molecule has 3 amide bonds. The fraction of sp³-hybridized carbons (Fsp3) is 0.167. The zero-order valence-electron chi connectivity index (χ0n) is 14.5. The number of halogens is 1. The van der Waals surface area contributed by atoms with Gasteiger partial charge in [0.25, 0.3) is 0 Å². The van der Waals surface area contributed by atoms with Crippen LogP contribution in [0.4, 0.5) is 17.1 Å². The molecule has 0 atom stereocenters. The van der Waals surface area contributed by atoms with Gasteiger partial charge in [-0.05, 0) is 42.8 Å². The molecular weight excluding hydrogens is 358 g/mol. The van der Waals surface area contributed by atoms with Gasteiger partial charge in [0.15, 0.2) is 0 Å². The van der Waals surface area contributed by atoms with Crippen LogP contribution >= 0.6 is 11.6 Å². The Bertz CT molecular complexity index is 865. The van der Waals surface area contributed by atoms with Crippen molar-refractivity contribution in [2.75, 3.05) is 23.1 Å². The molecule has 8 heteroatoms. The van der Waals surface area contributed by atoms with Crippen LogP contribution in [0.5, 0.6) is 5.75 Å². The van der Waals surface area contributed by atoms with Crippen LogP contribution < -0.4 is 20.7 Å². The molecule has 7 nitrogen and oxygen atoms in total. The van der Waals surface area contributed by atoms with Gasteiger partial charge < -0.3 is 15.8 Å². The van der Waals surface area contributed by atoms with Gasteiger partial charge in [0.05, 0.1) is 18.5 Å². The van der Waals surface area contributed by atoms with Crippen molar-refractivity contribution in [2.24, 2.45) is 0 Å². The highest BCUT2D eigenvalue weighted by molar-refractivity contribution is 6.48. The minimum atomic E-state index is -1.03. The fourth-order valence-electron chi connectivity index (χ4n) is 2.27. The van der Waals surface area contributed by atoms with E-state index in [1.54, 1.807) is 13.0 Å². The predicted octanol–water partition coefficient (Wildman–Crippen LogP) is 2.76. The Hall–Kier alpha value is -3.06. The molecule has 0 unspecified atom stereocenters. The number of carbonyl (C=O) groups is 3. The number of benzene rings is 2. The number of rotatable bonds is 3. The molecule has 0 spiro atoms. The highest BCUT2D eigenvalue weighted by atomic mass is 35.5. The molecule has 2 aromatic rings. The Morgan fingerprint density at radius 1 is 1.15 bits per heavy atom. The molecule has 0 saturated heterocycles. The summed E-state index contributed by atoms with van der Waals surface area (Å²) in [5.74, 6) is -2.33. The van der Waals surface area contributed by atoms with Gasteiger partial charge in [-0.25, -0.2) is 4.90 Å². The number of amides is 3. The average Bonchev–Trinajstić information content (AvgIpc) is 2.59. The number of nitrogen functional groups attached to an aromatic ring is 1. The van der Waals surface area contributed by atoms with Crippen LogP contribution in [0.3, 0.4) is 0 Å². The first-order chi connectivity index (χ1) is 12.2. The van der Waals surface area contributed by atoms with Crippen LogP contribution in [0, 0.1) is 6.92 Å². The van der Waals surface area contributed by atoms with Gasteiger partial charge >= 0.3 is 11.8 Å². The molecule has 0 aliphatic carbocycles. The molecule has 0 heterocycles. The highest BCUT2D eigenvalue weighted by Gasteiger charge is 2.27. The number of hydrogen-bond donors (Lipinski definition) is 2. The maximum Gasteiger partial charge on any atom is 0.323 e. The fourth-order valence-corrected chi connectivity index (χ4v) is 2.43. The quantitative estimate of drug-likeness (QED) is 0.634. The summed E-state index contributed by atoms with van der Waals surface area (Å²) in [6, 6.07) is 9.13. The molecule has 0 aromatic heterocycles. The number of aryl methyl sites for hydroxylation is 1. The van der Waals surface area contributed by atoms with E-state index < -0.39 is 17.7 Å². The minimum absolute atomic E-state index is 0.242. The third-order valence-corrected chi connectivity index (χ3v) is 4.00. The first kappa shape index (κ1) is 19.3. The van der Waals surface area contributed by atoms with E-state index in [1.807, 2.05) is 0 Å². The molecular formula is C18H18ClN3O4. The largest absolute Gasteiger partial charge is 0.495 e. The second kappa shape index (κ2) is 7.88. The molecule has 0 radical (unpaired) electrons. The number of hydrogen-bond acceptors (Lipinski definition) is 5. The van der Waals surface area contributed by atoms with Crippen molar-refractivity contribution in [1.82, 2.24) is 0 Å². The topological polar surface area (TPSA) is 102 Å². The Morgan fingerprint density at radius 3 is 2.31 bits per heavy atom. The summed E-state index contributed by atoms with van der Waals surface area (Å²) in [4.78, 5) is 37.6. The summed E-state index contributed by atoms with van der Waals surface area (Å²) in [5.41, 5.74) is 7.28. The third kappa shape index (κ3) is 4.12. The maximum atomic E-state index is 12.5. The van der Waals surface area contributed by atoms with E-state index >= 15 is 0 Å². The number of nitrogens with one attached hydrogen (secondary N) is 1. The Morgan fingerprint density at radius 2 is 1.77 bits per heavy atom. The summed E-state index contributed by atoms with van der Waals surface area (Å²) in [5, 5.41) is 2.91. The van der Waals surface area contributed by atoms with Gasteiger partial charge in [0.1, 0.15) is 5.75 Å². The highest BCUT2D eigenvalue weighted by Crippen LogP contribution is 2.31. The van der Waals surface area contributed by atoms with Crippen molar-refractivity contribution in [3.63, 3.8) is 0 Å². The van der Waals surface area contributed by atoms with Crippen molar-refractivity contribution < 1.29 is 19.1 Å². The first-order valence-corrected chi connectivity index (χ1v) is 7.98. The van der Waals surface area contributed by atoms with Crippen molar-refractivity contribution >= 4 is 46.4 Å². The smallest absolute Gasteiger partial charge is 0.323 e. The van der Waals surface area contributed by atoms with Crippen LogP contribution in [0.15, 0.2) is 36.4 Å². The number of nitrogens with zero attached hydrogens (tertiary/aromatic N) is 1. The van der Waals surface area contributed by atoms with E-state index in [1.165, 1.54) is 44.4 Å². The summed E-state index contributed by atoms with van der Waals surface area (Å²) in [6.45, 7) is 2.93. The van der Waals surface area contributed by atoms with Crippen LogP contribution in [-0.4, -0.2) is 24.8 Å². The minimum Gasteiger partial charge on any atom is -0.495 e. The monoisotopic (exact) mass is 375 g/mol. The lowest BCUT2D eigenvalue weighted by molar-refractivity contribution is -0.136. The first-order valence-electron chi connectivity index (χ1n) is 7.60. The summed E-state index contributed by atoms with van der Waals surface area (Å²) in [7, 11) is 1.41. The lowest BCUT2D eigenvalue weighted by Crippen LogP contribution is -2.42. The zero-order chi connectivity index (χ0) is 19.4. The van der Waals surface area contributed by atoms with Gasteiger partial charge in [0, 0.05) is 23.7 Å². The molecule has 0 bridgehead atoms. The van der Waals surface area contributed by atoms with Crippen molar-refractivity contribution in [3.05, 3.63) is 47.0 Å². The molecule has 2 aromatic carbocycles. The molecule has 3 N–H and O–H groups in total. The molecule has 0 aliphatic heterocycles. The van der Waals surface area contributed by atoms with Gasteiger partial charge in [-0.2, -0.15) is 0 Å². The van der Waals surface area contributed by atoms with Crippen molar-refractivity contribution in [1.29, 1.82) is 0 Å². The van der Waals surface area contributed by atoms with Crippen molar-refractivity contribution in [2.45, 2.75) is 13.8 Å². The number of methoxy groups -OCH3 is 1. The molecule has 0 fully saturated rings. The molecule has 0 aliphatic rings. The molecule has 26 heavy (non-hydrogen) atoms. The molecule has 136 valence electrons. The Kier molecular flexibility index (Phi) is 5.84. The van der Waals surface area contributed by atoms with E-state index in [4.69, 9.17) is 22.1 Å². The van der Waals surface area contributed by atoms with Gasteiger partial charge in [-0.3, -0.25) is 14.4 Å².